The van der Waals surface area contributed by atoms with Crippen molar-refractivity contribution in [3.05, 3.63) is 33.8 Å². The van der Waals surface area contributed by atoms with Crippen LogP contribution >= 0.6 is 34.8 Å². The summed E-state index contributed by atoms with van der Waals surface area (Å²) in [5.74, 6) is 0.444. The first kappa shape index (κ1) is 13.5. The average Bonchev–Trinajstić information content (AvgIpc) is 2.35. The summed E-state index contributed by atoms with van der Waals surface area (Å²) in [5, 5.41) is 1.28. The summed E-state index contributed by atoms with van der Waals surface area (Å²) in [6.07, 6.45) is 3.07. The van der Waals surface area contributed by atoms with Gasteiger partial charge in [0.05, 0.1) is 16.7 Å². The van der Waals surface area contributed by atoms with Crippen LogP contribution in [0.25, 0.3) is 0 Å². The quantitative estimate of drug-likeness (QED) is 0.742. The highest BCUT2D eigenvalue weighted by Gasteiger charge is 2.22. The van der Waals surface area contributed by atoms with E-state index in [-0.39, 0.29) is 5.38 Å². The second kappa shape index (κ2) is 6.29. The van der Waals surface area contributed by atoms with Crippen LogP contribution in [-0.2, 0) is 11.2 Å². The number of halogens is 3. The molecule has 2 unspecified atom stereocenters. The fourth-order valence-corrected chi connectivity index (χ4v) is 2.81. The lowest BCUT2D eigenvalue weighted by Crippen LogP contribution is -2.27. The minimum Gasteiger partial charge on any atom is -0.381 e. The summed E-state index contributed by atoms with van der Waals surface area (Å²) in [7, 11) is 0. The maximum absolute atomic E-state index is 6.43. The Balaban J connectivity index is 1.96. The van der Waals surface area contributed by atoms with E-state index in [0.717, 1.165) is 38.0 Å². The standard InChI is InChI=1S/C13H15Cl3O/c14-11-4-3-9(7-13(11)16)6-12(15)10-2-1-5-17-8-10/h3-4,7,10,12H,1-2,5-6,8H2. The molecule has 0 spiro atoms. The van der Waals surface area contributed by atoms with Crippen LogP contribution in [0, 0.1) is 5.92 Å². The normalized spacial score (nSPS) is 22.4. The third-order valence-corrected chi connectivity index (χ3v) is 4.37. The van der Waals surface area contributed by atoms with Gasteiger partial charge in [-0.2, -0.15) is 0 Å². The van der Waals surface area contributed by atoms with Gasteiger partial charge in [0.25, 0.3) is 0 Å². The van der Waals surface area contributed by atoms with Crippen molar-refractivity contribution in [1.82, 2.24) is 0 Å². The molecule has 0 saturated carbocycles. The second-order valence-corrected chi connectivity index (χ2v) is 5.82. The van der Waals surface area contributed by atoms with Crippen molar-refractivity contribution in [3.63, 3.8) is 0 Å². The Bertz CT molecular complexity index is 375. The predicted molar refractivity (Wildman–Crippen MR) is 73.4 cm³/mol. The van der Waals surface area contributed by atoms with Crippen molar-refractivity contribution in [2.75, 3.05) is 13.2 Å². The molecule has 1 aliphatic rings. The molecule has 2 atom stereocenters. The molecule has 0 N–H and O–H groups in total. The van der Waals surface area contributed by atoms with Crippen LogP contribution in [-0.4, -0.2) is 18.6 Å². The Labute approximate surface area is 117 Å². The van der Waals surface area contributed by atoms with Gasteiger partial charge in [0.15, 0.2) is 0 Å². The van der Waals surface area contributed by atoms with Gasteiger partial charge in [-0.05, 0) is 42.9 Å². The van der Waals surface area contributed by atoms with Gasteiger partial charge in [0.1, 0.15) is 0 Å². The molecular weight excluding hydrogens is 279 g/mol. The Hall–Kier alpha value is 0.0500. The van der Waals surface area contributed by atoms with Gasteiger partial charge >= 0.3 is 0 Å². The molecule has 1 nitrogen and oxygen atoms in total. The molecule has 2 rings (SSSR count). The minimum atomic E-state index is 0.104. The van der Waals surface area contributed by atoms with Crippen molar-refractivity contribution in [1.29, 1.82) is 0 Å². The van der Waals surface area contributed by atoms with Gasteiger partial charge in [-0.3, -0.25) is 0 Å². The molecule has 1 aromatic rings. The van der Waals surface area contributed by atoms with Crippen molar-refractivity contribution in [2.45, 2.75) is 24.6 Å². The monoisotopic (exact) mass is 292 g/mol. The van der Waals surface area contributed by atoms with Crippen LogP contribution in [0.3, 0.4) is 0 Å². The van der Waals surface area contributed by atoms with E-state index in [1.165, 1.54) is 0 Å². The Morgan fingerprint density at radius 2 is 2.12 bits per heavy atom. The molecule has 1 aromatic carbocycles. The van der Waals surface area contributed by atoms with Crippen LogP contribution in [0.2, 0.25) is 10.0 Å². The second-order valence-electron chi connectivity index (χ2n) is 4.45. The van der Waals surface area contributed by atoms with E-state index in [9.17, 15) is 0 Å². The topological polar surface area (TPSA) is 9.23 Å². The first-order valence-electron chi connectivity index (χ1n) is 5.82. The van der Waals surface area contributed by atoms with Crippen LogP contribution in [0.15, 0.2) is 18.2 Å². The Morgan fingerprint density at radius 1 is 1.29 bits per heavy atom. The zero-order valence-corrected chi connectivity index (χ0v) is 11.7. The molecular formula is C13H15Cl3O. The van der Waals surface area contributed by atoms with Gasteiger partial charge in [0, 0.05) is 12.0 Å². The summed E-state index contributed by atoms with van der Waals surface area (Å²) in [6.45, 7) is 1.64. The van der Waals surface area contributed by atoms with Gasteiger partial charge < -0.3 is 4.74 Å². The van der Waals surface area contributed by atoms with Crippen molar-refractivity contribution in [2.24, 2.45) is 5.92 Å². The molecule has 4 heteroatoms. The molecule has 0 aliphatic carbocycles. The molecule has 17 heavy (non-hydrogen) atoms. The van der Waals surface area contributed by atoms with Gasteiger partial charge in [-0.25, -0.2) is 0 Å². The summed E-state index contributed by atoms with van der Waals surface area (Å²) >= 11 is 18.3. The van der Waals surface area contributed by atoms with Crippen LogP contribution in [0.4, 0.5) is 0 Å². The lowest BCUT2D eigenvalue weighted by Gasteiger charge is -2.26. The molecule has 0 radical (unpaired) electrons. The Kier molecular flexibility index (Phi) is 4.98. The maximum atomic E-state index is 6.43. The van der Waals surface area contributed by atoms with Crippen LogP contribution in [0.5, 0.6) is 0 Å². The zero-order valence-electron chi connectivity index (χ0n) is 9.46. The highest BCUT2D eigenvalue weighted by Crippen LogP contribution is 2.27. The number of rotatable bonds is 3. The van der Waals surface area contributed by atoms with Crippen molar-refractivity contribution < 1.29 is 4.74 Å². The SMILES string of the molecule is Clc1ccc(CC(Cl)C2CCCOC2)cc1Cl. The first-order valence-corrected chi connectivity index (χ1v) is 7.02. The smallest absolute Gasteiger partial charge is 0.0595 e. The number of benzene rings is 1. The van der Waals surface area contributed by atoms with Gasteiger partial charge in [0.2, 0.25) is 0 Å². The molecule has 0 amide bonds. The number of hydrogen-bond acceptors (Lipinski definition) is 1. The average molecular weight is 294 g/mol. The largest absolute Gasteiger partial charge is 0.381 e. The summed E-state index contributed by atoms with van der Waals surface area (Å²) in [6, 6.07) is 5.69. The number of ether oxygens (including phenoxy) is 1. The minimum absolute atomic E-state index is 0.104. The third-order valence-electron chi connectivity index (χ3n) is 3.12. The molecule has 94 valence electrons. The highest BCUT2D eigenvalue weighted by atomic mass is 35.5. The third kappa shape index (κ3) is 3.75. The van der Waals surface area contributed by atoms with Gasteiger partial charge in [-0.15, -0.1) is 11.6 Å². The predicted octanol–water partition coefficient (Wildman–Crippen LogP) is 4.57. The summed E-state index contributed by atoms with van der Waals surface area (Å²) < 4.78 is 5.45. The maximum Gasteiger partial charge on any atom is 0.0595 e. The molecule has 0 aromatic heterocycles. The fraction of sp³-hybridized carbons (Fsp3) is 0.538. The van der Waals surface area contributed by atoms with Crippen molar-refractivity contribution >= 4 is 34.8 Å². The molecule has 1 fully saturated rings. The Morgan fingerprint density at radius 3 is 2.76 bits per heavy atom. The van der Waals surface area contributed by atoms with E-state index in [2.05, 4.69) is 0 Å². The van der Waals surface area contributed by atoms with E-state index in [1.807, 2.05) is 18.2 Å². The highest BCUT2D eigenvalue weighted by molar-refractivity contribution is 6.42. The van der Waals surface area contributed by atoms with Crippen LogP contribution < -0.4 is 0 Å². The molecule has 1 heterocycles. The van der Waals surface area contributed by atoms with E-state index < -0.39 is 0 Å². The summed E-state index contributed by atoms with van der Waals surface area (Å²) in [4.78, 5) is 0. The lowest BCUT2D eigenvalue weighted by atomic mass is 9.94. The fourth-order valence-electron chi connectivity index (χ4n) is 2.11. The van der Waals surface area contributed by atoms with Crippen LogP contribution in [0.1, 0.15) is 18.4 Å². The summed E-state index contributed by atoms with van der Waals surface area (Å²) in [5.41, 5.74) is 1.13. The lowest BCUT2D eigenvalue weighted by molar-refractivity contribution is 0.0533. The van der Waals surface area contributed by atoms with Gasteiger partial charge in [-0.1, -0.05) is 29.3 Å². The van der Waals surface area contributed by atoms with E-state index in [1.54, 1.807) is 0 Å². The number of hydrogen-bond donors (Lipinski definition) is 0. The zero-order chi connectivity index (χ0) is 12.3. The van der Waals surface area contributed by atoms with Crippen molar-refractivity contribution in [3.8, 4) is 0 Å². The molecule has 1 aliphatic heterocycles. The molecule has 1 saturated heterocycles. The molecule has 0 bridgehead atoms. The first-order chi connectivity index (χ1) is 8.16. The number of alkyl halides is 1. The van der Waals surface area contributed by atoms with E-state index >= 15 is 0 Å². The van der Waals surface area contributed by atoms with E-state index in [0.29, 0.717) is 16.0 Å². The van der Waals surface area contributed by atoms with E-state index in [4.69, 9.17) is 39.5 Å².